The van der Waals surface area contributed by atoms with E-state index in [4.69, 9.17) is 26.1 Å². The van der Waals surface area contributed by atoms with Gasteiger partial charge in [-0.15, -0.1) is 11.8 Å². The molecule has 10 heteroatoms. The minimum atomic E-state index is 0.250. The van der Waals surface area contributed by atoms with Gasteiger partial charge in [-0.3, -0.25) is 9.59 Å². The lowest BCUT2D eigenvalue weighted by Crippen LogP contribution is -2.28. The second-order valence-electron chi connectivity index (χ2n) is 11.0. The summed E-state index contributed by atoms with van der Waals surface area (Å²) in [5.74, 6) is 1.81. The average Bonchev–Trinajstić information content (AvgIpc) is 3.91. The second-order valence-corrected chi connectivity index (χ2v) is 12.8. The van der Waals surface area contributed by atoms with E-state index >= 15 is 0 Å². The van der Waals surface area contributed by atoms with Gasteiger partial charge in [0.15, 0.2) is 0 Å². The molecule has 222 valence electrons. The molecule has 3 aromatic rings. The van der Waals surface area contributed by atoms with Crippen LogP contribution in [0.2, 0.25) is 5.15 Å². The first-order valence-electron chi connectivity index (χ1n) is 14.7. The highest BCUT2D eigenvalue weighted by molar-refractivity contribution is 8.07. The number of benzene rings is 1. The molecule has 2 unspecified atom stereocenters. The number of rotatable bonds is 10. The number of fused-ring (bicyclic) bond motifs is 1. The van der Waals surface area contributed by atoms with E-state index in [1.54, 1.807) is 7.11 Å². The molecule has 0 bridgehead atoms. The highest BCUT2D eigenvalue weighted by Gasteiger charge is 2.43. The number of halogens is 1. The van der Waals surface area contributed by atoms with E-state index in [0.717, 1.165) is 59.8 Å². The van der Waals surface area contributed by atoms with Crippen LogP contribution in [0.4, 0.5) is 0 Å². The number of carbonyl (C=O) groups excluding carboxylic acids is 2. The molecular weight excluding hydrogens is 558 g/mol. The molecule has 4 heterocycles. The third-order valence-corrected chi connectivity index (χ3v) is 9.79. The number of ketones is 1. The van der Waals surface area contributed by atoms with Crippen molar-refractivity contribution in [3.05, 3.63) is 41.3 Å². The number of H-pyrrole nitrogens is 1. The van der Waals surface area contributed by atoms with Crippen molar-refractivity contribution >= 4 is 46.5 Å². The summed E-state index contributed by atoms with van der Waals surface area (Å²) in [6, 6.07) is 9.96. The Morgan fingerprint density at radius 3 is 2.56 bits per heavy atom. The van der Waals surface area contributed by atoms with Crippen molar-refractivity contribution in [2.45, 2.75) is 81.6 Å². The van der Waals surface area contributed by atoms with Crippen LogP contribution >= 0.6 is 23.4 Å². The van der Waals surface area contributed by atoms with Crippen LogP contribution < -0.4 is 15.8 Å². The molecule has 2 aliphatic heterocycles. The van der Waals surface area contributed by atoms with Crippen LogP contribution in [0.15, 0.2) is 30.3 Å². The predicted octanol–water partition coefficient (Wildman–Crippen LogP) is 6.62. The Morgan fingerprint density at radius 1 is 1.17 bits per heavy atom. The number of imidazole rings is 1. The molecule has 8 nitrogen and oxygen atoms in total. The Morgan fingerprint density at radius 2 is 1.90 bits per heavy atom. The van der Waals surface area contributed by atoms with Gasteiger partial charge in [0, 0.05) is 23.5 Å². The summed E-state index contributed by atoms with van der Waals surface area (Å²) >= 11 is 8.45. The molecule has 0 radical (unpaired) electrons. The zero-order valence-corrected chi connectivity index (χ0v) is 25.7. The number of hydrogen-bond acceptors (Lipinski definition) is 7. The molecule has 3 fully saturated rings. The fourth-order valence-corrected chi connectivity index (χ4v) is 6.70. The number of nitrogens with zero attached hydrogens (tertiary/aromatic N) is 2. The molecule has 1 aromatic carbocycles. The maximum absolute atomic E-state index is 11.4. The maximum atomic E-state index is 11.4. The van der Waals surface area contributed by atoms with Gasteiger partial charge in [-0.25, -0.2) is 9.97 Å². The number of pyridine rings is 1. The average molecular weight is 600 g/mol. The Hall–Kier alpha value is -2.62. The van der Waals surface area contributed by atoms with E-state index in [1.165, 1.54) is 38.8 Å². The first-order chi connectivity index (χ1) is 19.9. The molecule has 4 N–H and O–H groups in total. The quantitative estimate of drug-likeness (QED) is 0.136. The molecule has 1 aliphatic carbocycles. The van der Waals surface area contributed by atoms with Crippen molar-refractivity contribution in [1.82, 2.24) is 20.3 Å². The summed E-state index contributed by atoms with van der Waals surface area (Å²) in [5, 5.41) is 5.84. The highest BCUT2D eigenvalue weighted by Crippen LogP contribution is 2.57. The summed E-state index contributed by atoms with van der Waals surface area (Å²) in [5.41, 5.74) is 7.40. The SMILES string of the molecule is C1CC2(CCN1)CC2.CCC(=O)CCCCCC1SC1c1nc(-c2cc3ccccc3nc2OC)c(Cl)[nH]1.NC=O. The number of thioether (sulfide) groups is 1. The number of nitrogens with two attached hydrogens (primary N) is 1. The Balaban J connectivity index is 0.000000293. The minimum Gasteiger partial charge on any atom is -0.480 e. The molecule has 3 aliphatic rings. The van der Waals surface area contributed by atoms with Crippen LogP contribution in [-0.2, 0) is 9.59 Å². The lowest BCUT2D eigenvalue weighted by Gasteiger charge is -2.20. The van der Waals surface area contributed by atoms with Gasteiger partial charge >= 0.3 is 0 Å². The zero-order valence-electron chi connectivity index (χ0n) is 24.1. The number of Topliss-reactive ketones (excluding diaryl/α,β-unsaturated/α-hetero) is 1. The summed E-state index contributed by atoms with van der Waals surface area (Å²) in [6.07, 6.45) is 12.0. The third kappa shape index (κ3) is 8.69. The largest absolute Gasteiger partial charge is 0.480 e. The lowest BCUT2D eigenvalue weighted by molar-refractivity contribution is -0.118. The predicted molar refractivity (Wildman–Crippen MR) is 167 cm³/mol. The van der Waals surface area contributed by atoms with Crippen molar-refractivity contribution in [2.24, 2.45) is 11.1 Å². The third-order valence-electron chi connectivity index (χ3n) is 8.13. The van der Waals surface area contributed by atoms with Crippen LogP contribution in [0.25, 0.3) is 22.2 Å². The number of piperidine rings is 1. The molecule has 1 amide bonds. The number of hydrogen-bond donors (Lipinski definition) is 3. The zero-order chi connectivity index (χ0) is 29.2. The summed E-state index contributed by atoms with van der Waals surface area (Å²) in [6.45, 7) is 4.49. The van der Waals surface area contributed by atoms with E-state index in [2.05, 4.69) is 21.0 Å². The number of amides is 1. The van der Waals surface area contributed by atoms with Crippen molar-refractivity contribution in [3.8, 4) is 17.1 Å². The van der Waals surface area contributed by atoms with Crippen molar-refractivity contribution < 1.29 is 14.3 Å². The van der Waals surface area contributed by atoms with E-state index in [1.807, 2.05) is 49.0 Å². The molecule has 2 atom stereocenters. The van der Waals surface area contributed by atoms with Gasteiger partial charge in [-0.1, -0.05) is 49.6 Å². The Kier molecular flexibility index (Phi) is 11.5. The Bertz CT molecular complexity index is 1300. The molecule has 1 saturated carbocycles. The van der Waals surface area contributed by atoms with Crippen LogP contribution in [0.5, 0.6) is 5.88 Å². The molecular formula is C31H42ClN5O3S. The topological polar surface area (TPSA) is 123 Å². The standard InChI is InChI=1S/C23H26ClN3O2S.C7H13N.CH3NO/c1-3-15(28)10-5-4-6-12-18-20(30-18)22-26-19(21(24)27-22)16-13-14-9-7-8-11-17(14)25-23(16)29-2;1-2-7(1)3-5-8-6-4-7;2-1-3/h7-9,11,13,18,20H,3-6,10,12H2,1-2H3,(H,26,27);8H,1-6H2;1H,(H2,2,3). The molecule has 6 rings (SSSR count). The summed E-state index contributed by atoms with van der Waals surface area (Å²) in [4.78, 5) is 32.7. The number of aromatic amines is 1. The van der Waals surface area contributed by atoms with Crippen LogP contribution in [0.3, 0.4) is 0 Å². The van der Waals surface area contributed by atoms with Gasteiger partial charge in [0.1, 0.15) is 22.5 Å². The fourth-order valence-electron chi connectivity index (χ4n) is 5.36. The molecule has 41 heavy (non-hydrogen) atoms. The van der Waals surface area contributed by atoms with Crippen LogP contribution in [0.1, 0.15) is 82.2 Å². The van der Waals surface area contributed by atoms with Crippen molar-refractivity contribution in [1.29, 1.82) is 0 Å². The maximum Gasteiger partial charge on any atom is 0.223 e. The number of nitrogens with one attached hydrogen (secondary N) is 2. The monoisotopic (exact) mass is 599 g/mol. The van der Waals surface area contributed by atoms with Gasteiger partial charge in [0.25, 0.3) is 0 Å². The number of unbranched alkanes of at least 4 members (excludes halogenated alkanes) is 2. The first-order valence-corrected chi connectivity index (χ1v) is 16.0. The van der Waals surface area contributed by atoms with Crippen molar-refractivity contribution in [2.75, 3.05) is 20.2 Å². The van der Waals surface area contributed by atoms with Gasteiger partial charge < -0.3 is 20.8 Å². The number of aromatic nitrogens is 3. The van der Waals surface area contributed by atoms with E-state index in [0.29, 0.717) is 39.4 Å². The number of carbonyl (C=O) groups is 2. The van der Waals surface area contributed by atoms with Crippen molar-refractivity contribution in [3.63, 3.8) is 0 Å². The lowest BCUT2D eigenvalue weighted by atomic mass is 9.95. The van der Waals surface area contributed by atoms with E-state index < -0.39 is 0 Å². The second kappa shape index (κ2) is 15.0. The van der Waals surface area contributed by atoms with Gasteiger partial charge in [-0.05, 0) is 69.2 Å². The first kappa shape index (κ1) is 31.3. The van der Waals surface area contributed by atoms with Gasteiger partial charge in [0.05, 0.1) is 23.4 Å². The smallest absolute Gasteiger partial charge is 0.223 e. The van der Waals surface area contributed by atoms with E-state index in [9.17, 15) is 4.79 Å². The number of ether oxygens (including phenoxy) is 1. The molecule has 2 aromatic heterocycles. The summed E-state index contributed by atoms with van der Waals surface area (Å²) in [7, 11) is 1.61. The van der Waals surface area contributed by atoms with Crippen LogP contribution in [0, 0.1) is 5.41 Å². The highest BCUT2D eigenvalue weighted by atomic mass is 35.5. The molecule has 2 saturated heterocycles. The normalized spacial score (nSPS) is 19.9. The number of methoxy groups -OCH3 is 1. The summed E-state index contributed by atoms with van der Waals surface area (Å²) < 4.78 is 5.52. The molecule has 1 spiro atoms. The van der Waals surface area contributed by atoms with Gasteiger partial charge in [-0.2, -0.15) is 0 Å². The number of para-hydroxylation sites is 1. The fraction of sp³-hybridized carbons (Fsp3) is 0.548. The Labute approximate surface area is 251 Å². The number of primary amides is 1. The van der Waals surface area contributed by atoms with Gasteiger partial charge in [0.2, 0.25) is 12.3 Å². The minimum absolute atomic E-state index is 0.250. The van der Waals surface area contributed by atoms with E-state index in [-0.39, 0.29) is 6.41 Å². The van der Waals surface area contributed by atoms with Crippen LogP contribution in [-0.4, -0.2) is 52.6 Å².